The number of carbonyl (C=O) groups excluding carboxylic acids is 1. The topological polar surface area (TPSA) is 26.3 Å². The Kier molecular flexibility index (Phi) is 3.57. The van der Waals surface area contributed by atoms with Gasteiger partial charge in [0.1, 0.15) is 5.75 Å². The highest BCUT2D eigenvalue weighted by Crippen LogP contribution is 2.46. The molecule has 1 aromatic carbocycles. The Balaban J connectivity index is 1.80. The van der Waals surface area contributed by atoms with Crippen molar-refractivity contribution in [3.05, 3.63) is 29.3 Å². The van der Waals surface area contributed by atoms with Crippen LogP contribution in [-0.2, 0) is 0 Å². The minimum atomic E-state index is 0.242. The van der Waals surface area contributed by atoms with Crippen molar-refractivity contribution >= 4 is 17.5 Å². The fourth-order valence-electron chi connectivity index (χ4n) is 3.33. The second kappa shape index (κ2) is 5.20. The number of ketones is 1. The number of benzene rings is 1. The normalized spacial score (nSPS) is 29.3. The van der Waals surface area contributed by atoms with Gasteiger partial charge >= 0.3 is 0 Å². The summed E-state index contributed by atoms with van der Waals surface area (Å²) in [6.07, 6.45) is 4.76. The number of methoxy groups -OCH3 is 1. The molecule has 2 atom stereocenters. The molecule has 2 bridgehead atoms. The van der Waals surface area contributed by atoms with E-state index in [1.807, 2.05) is 25.1 Å². The molecular formula is C16H20O2S. The predicted molar refractivity (Wildman–Crippen MR) is 79.2 cm³/mol. The molecule has 2 aliphatic heterocycles. The molecule has 0 aliphatic carbocycles. The number of hydrogen-bond donors (Lipinski definition) is 0. The average Bonchev–Trinajstić information content (AvgIpc) is 2.76. The molecule has 0 radical (unpaired) electrons. The second-order valence-corrected chi connectivity index (χ2v) is 7.28. The van der Waals surface area contributed by atoms with Crippen LogP contribution in [-0.4, -0.2) is 23.4 Å². The van der Waals surface area contributed by atoms with Crippen LogP contribution in [0.4, 0.5) is 0 Å². The zero-order valence-corrected chi connectivity index (χ0v) is 12.3. The lowest BCUT2D eigenvalue weighted by Gasteiger charge is -2.26. The summed E-state index contributed by atoms with van der Waals surface area (Å²) < 4.78 is 5.20. The number of ether oxygens (including phenoxy) is 1. The maximum atomic E-state index is 12.7. The van der Waals surface area contributed by atoms with Gasteiger partial charge < -0.3 is 4.74 Å². The third-order valence-corrected chi connectivity index (χ3v) is 5.99. The first kappa shape index (κ1) is 13.0. The molecule has 19 heavy (non-hydrogen) atoms. The molecule has 2 saturated heterocycles. The summed E-state index contributed by atoms with van der Waals surface area (Å²) >= 11 is 2.11. The quantitative estimate of drug-likeness (QED) is 0.784. The van der Waals surface area contributed by atoms with Crippen molar-refractivity contribution < 1.29 is 9.53 Å². The van der Waals surface area contributed by atoms with Crippen LogP contribution in [0, 0.1) is 12.8 Å². The van der Waals surface area contributed by atoms with Crippen LogP contribution in [0.5, 0.6) is 5.75 Å². The molecule has 1 aromatic rings. The predicted octanol–water partition coefficient (Wildman–Crippen LogP) is 3.86. The summed E-state index contributed by atoms with van der Waals surface area (Å²) in [5.41, 5.74) is 1.92. The van der Waals surface area contributed by atoms with E-state index in [2.05, 4.69) is 11.8 Å². The maximum absolute atomic E-state index is 12.7. The van der Waals surface area contributed by atoms with Gasteiger partial charge in [-0.15, -0.1) is 0 Å². The van der Waals surface area contributed by atoms with Crippen LogP contribution in [0.3, 0.4) is 0 Å². The third-order valence-electron chi connectivity index (χ3n) is 4.36. The van der Waals surface area contributed by atoms with Crippen molar-refractivity contribution in [3.8, 4) is 5.75 Å². The van der Waals surface area contributed by atoms with Gasteiger partial charge in [0.05, 0.1) is 7.11 Å². The minimum Gasteiger partial charge on any atom is -0.497 e. The molecule has 2 fully saturated rings. The van der Waals surface area contributed by atoms with Crippen LogP contribution in [0.1, 0.15) is 41.6 Å². The molecule has 0 saturated carbocycles. The molecule has 0 aromatic heterocycles. The summed E-state index contributed by atoms with van der Waals surface area (Å²) in [7, 11) is 1.66. The molecule has 102 valence electrons. The lowest BCUT2D eigenvalue weighted by Crippen LogP contribution is -2.25. The van der Waals surface area contributed by atoms with Gasteiger partial charge in [0.15, 0.2) is 5.78 Å². The number of fused-ring (bicyclic) bond motifs is 2. The van der Waals surface area contributed by atoms with Gasteiger partial charge in [-0.25, -0.2) is 0 Å². The first-order valence-electron chi connectivity index (χ1n) is 7.01. The lowest BCUT2D eigenvalue weighted by atomic mass is 9.88. The fourth-order valence-corrected chi connectivity index (χ4v) is 5.11. The van der Waals surface area contributed by atoms with Crippen LogP contribution >= 0.6 is 11.8 Å². The number of thioether (sulfide) groups is 1. The Labute approximate surface area is 118 Å². The van der Waals surface area contributed by atoms with E-state index in [-0.39, 0.29) is 5.92 Å². The van der Waals surface area contributed by atoms with Crippen LogP contribution in [0.2, 0.25) is 0 Å². The summed E-state index contributed by atoms with van der Waals surface area (Å²) in [5, 5.41) is 1.46. The molecule has 3 heteroatoms. The van der Waals surface area contributed by atoms with E-state index in [1.54, 1.807) is 7.11 Å². The zero-order chi connectivity index (χ0) is 13.4. The molecule has 3 rings (SSSR count). The summed E-state index contributed by atoms with van der Waals surface area (Å²) in [6.45, 7) is 2.00. The van der Waals surface area contributed by atoms with Crippen molar-refractivity contribution in [2.45, 2.75) is 43.1 Å². The van der Waals surface area contributed by atoms with Gasteiger partial charge in [-0.05, 0) is 56.4 Å². The van der Waals surface area contributed by atoms with Gasteiger partial charge in [0.2, 0.25) is 0 Å². The van der Waals surface area contributed by atoms with E-state index in [4.69, 9.17) is 4.74 Å². The first-order valence-corrected chi connectivity index (χ1v) is 7.96. The molecular weight excluding hydrogens is 256 g/mol. The second-order valence-electron chi connectivity index (χ2n) is 5.67. The SMILES string of the molecule is COc1ccc(C(=O)C2CC3CCC(C2)S3)c(C)c1. The average molecular weight is 276 g/mol. The summed E-state index contributed by atoms with van der Waals surface area (Å²) in [5.74, 6) is 1.41. The van der Waals surface area contributed by atoms with Crippen molar-refractivity contribution in [1.29, 1.82) is 0 Å². The molecule has 2 aliphatic rings. The Morgan fingerprint density at radius 1 is 1.26 bits per heavy atom. The lowest BCUT2D eigenvalue weighted by molar-refractivity contribution is 0.0906. The highest BCUT2D eigenvalue weighted by atomic mass is 32.2. The number of aryl methyl sites for hydroxylation is 1. The van der Waals surface area contributed by atoms with Gasteiger partial charge in [-0.2, -0.15) is 11.8 Å². The van der Waals surface area contributed by atoms with Crippen molar-refractivity contribution in [1.82, 2.24) is 0 Å². The monoisotopic (exact) mass is 276 g/mol. The van der Waals surface area contributed by atoms with Crippen LogP contribution in [0.15, 0.2) is 18.2 Å². The first-order chi connectivity index (χ1) is 9.17. The zero-order valence-electron chi connectivity index (χ0n) is 11.5. The Bertz CT molecular complexity index is 486. The summed E-state index contributed by atoms with van der Waals surface area (Å²) in [6, 6.07) is 5.78. The fraction of sp³-hybridized carbons (Fsp3) is 0.562. The standard InChI is InChI=1S/C16H20O2S/c1-10-7-12(18-2)3-6-15(10)16(17)11-8-13-4-5-14(9-11)19-13/h3,6-7,11,13-14H,4-5,8-9H2,1-2H3. The van der Waals surface area contributed by atoms with E-state index < -0.39 is 0 Å². The van der Waals surface area contributed by atoms with Crippen molar-refractivity contribution in [2.24, 2.45) is 5.92 Å². The number of hydrogen-bond acceptors (Lipinski definition) is 3. The van der Waals surface area contributed by atoms with Crippen LogP contribution < -0.4 is 4.74 Å². The van der Waals surface area contributed by atoms with E-state index >= 15 is 0 Å². The molecule has 2 unspecified atom stereocenters. The van der Waals surface area contributed by atoms with E-state index in [9.17, 15) is 4.79 Å². The molecule has 0 N–H and O–H groups in total. The van der Waals surface area contributed by atoms with Gasteiger partial charge in [-0.1, -0.05) is 0 Å². The molecule has 0 amide bonds. The summed E-state index contributed by atoms with van der Waals surface area (Å²) in [4.78, 5) is 12.7. The minimum absolute atomic E-state index is 0.242. The highest BCUT2D eigenvalue weighted by Gasteiger charge is 2.38. The molecule has 2 heterocycles. The third kappa shape index (κ3) is 2.53. The Morgan fingerprint density at radius 3 is 2.53 bits per heavy atom. The number of Topliss-reactive ketones (excluding diaryl/α,β-unsaturated/α-hetero) is 1. The maximum Gasteiger partial charge on any atom is 0.166 e. The largest absolute Gasteiger partial charge is 0.497 e. The van der Waals surface area contributed by atoms with Crippen molar-refractivity contribution in [3.63, 3.8) is 0 Å². The Hall–Kier alpha value is -0.960. The van der Waals surface area contributed by atoms with E-state index in [1.165, 1.54) is 12.8 Å². The molecule has 2 nitrogen and oxygen atoms in total. The van der Waals surface area contributed by atoms with E-state index in [0.717, 1.165) is 40.2 Å². The van der Waals surface area contributed by atoms with Gasteiger partial charge in [0.25, 0.3) is 0 Å². The van der Waals surface area contributed by atoms with Gasteiger partial charge in [0, 0.05) is 22.0 Å². The number of rotatable bonds is 3. The molecule has 0 spiro atoms. The van der Waals surface area contributed by atoms with E-state index in [0.29, 0.717) is 5.78 Å². The van der Waals surface area contributed by atoms with Crippen LogP contribution in [0.25, 0.3) is 0 Å². The van der Waals surface area contributed by atoms with Crippen molar-refractivity contribution in [2.75, 3.05) is 7.11 Å². The number of carbonyl (C=O) groups is 1. The Morgan fingerprint density at radius 2 is 1.95 bits per heavy atom. The van der Waals surface area contributed by atoms with Gasteiger partial charge in [-0.3, -0.25) is 4.79 Å². The highest BCUT2D eigenvalue weighted by molar-refractivity contribution is 8.00. The smallest absolute Gasteiger partial charge is 0.166 e.